The average Bonchev–Trinajstić information content (AvgIpc) is 2.45. The molecule has 0 atom stereocenters. The van der Waals surface area contributed by atoms with Crippen molar-refractivity contribution >= 4 is 17.9 Å². The van der Waals surface area contributed by atoms with Gasteiger partial charge in [-0.05, 0) is 23.1 Å². The van der Waals surface area contributed by atoms with Gasteiger partial charge in [0.1, 0.15) is 6.29 Å². The van der Waals surface area contributed by atoms with E-state index in [9.17, 15) is 4.79 Å². The molecule has 2 aromatic carbocycles. The normalized spacial score (nSPS) is 11.2. The Kier molecular flexibility index (Phi) is 4.48. The van der Waals surface area contributed by atoms with Gasteiger partial charge in [-0.3, -0.25) is 0 Å². The lowest BCUT2D eigenvalue weighted by molar-refractivity contribution is -0.107. The van der Waals surface area contributed by atoms with E-state index in [1.165, 1.54) is 16.7 Å². The molecule has 2 aromatic rings. The van der Waals surface area contributed by atoms with E-state index in [2.05, 4.69) is 30.3 Å². The Morgan fingerprint density at radius 1 is 0.889 bits per heavy atom. The van der Waals surface area contributed by atoms with Gasteiger partial charge in [0.2, 0.25) is 0 Å². The predicted molar refractivity (Wildman–Crippen MR) is 76.1 cm³/mol. The number of benzene rings is 2. The van der Waals surface area contributed by atoms with E-state index in [4.69, 9.17) is 0 Å². The quantitative estimate of drug-likeness (QED) is 0.561. The lowest BCUT2D eigenvalue weighted by atomic mass is 9.99. The first-order valence-electron chi connectivity index (χ1n) is 6.15. The van der Waals surface area contributed by atoms with Gasteiger partial charge in [-0.15, -0.1) is 0 Å². The maximum Gasteiger partial charge on any atom is 0.120 e. The minimum Gasteiger partial charge on any atom is -0.303 e. The third-order valence-corrected chi connectivity index (χ3v) is 2.82. The van der Waals surface area contributed by atoms with Crippen molar-refractivity contribution in [2.75, 3.05) is 0 Å². The fourth-order valence-electron chi connectivity index (χ4n) is 1.92. The second-order valence-electron chi connectivity index (χ2n) is 4.15. The van der Waals surface area contributed by atoms with E-state index in [0.717, 1.165) is 12.7 Å². The second kappa shape index (κ2) is 6.55. The third-order valence-electron chi connectivity index (χ3n) is 2.82. The summed E-state index contributed by atoms with van der Waals surface area (Å²) in [5.74, 6) is 0. The van der Waals surface area contributed by atoms with Crippen LogP contribution in [0.15, 0.2) is 60.7 Å². The molecule has 2 rings (SSSR count). The monoisotopic (exact) mass is 236 g/mol. The van der Waals surface area contributed by atoms with Crippen molar-refractivity contribution in [2.24, 2.45) is 0 Å². The van der Waals surface area contributed by atoms with Gasteiger partial charge in [0.15, 0.2) is 0 Å². The summed E-state index contributed by atoms with van der Waals surface area (Å²) in [6, 6.07) is 20.4. The Morgan fingerprint density at radius 3 is 2.11 bits per heavy atom. The van der Waals surface area contributed by atoms with Crippen LogP contribution in [0.5, 0.6) is 0 Å². The minimum absolute atomic E-state index is 0.563. The number of aldehydes is 1. The van der Waals surface area contributed by atoms with Gasteiger partial charge in [-0.25, -0.2) is 0 Å². The van der Waals surface area contributed by atoms with Gasteiger partial charge >= 0.3 is 0 Å². The van der Waals surface area contributed by atoms with Crippen LogP contribution in [0.4, 0.5) is 0 Å². The molecular weight excluding hydrogens is 220 g/mol. The molecule has 0 saturated heterocycles. The molecule has 1 nitrogen and oxygen atoms in total. The fraction of sp³-hybridized carbons (Fsp3) is 0.118. The molecule has 0 aliphatic heterocycles. The summed E-state index contributed by atoms with van der Waals surface area (Å²) >= 11 is 0. The van der Waals surface area contributed by atoms with Crippen molar-refractivity contribution in [3.63, 3.8) is 0 Å². The molecule has 0 aliphatic carbocycles. The molecule has 18 heavy (non-hydrogen) atoms. The van der Waals surface area contributed by atoms with Gasteiger partial charge in [-0.1, -0.05) is 66.7 Å². The zero-order valence-corrected chi connectivity index (χ0v) is 10.3. The van der Waals surface area contributed by atoms with Crippen molar-refractivity contribution in [3.8, 4) is 0 Å². The second-order valence-corrected chi connectivity index (χ2v) is 4.15. The maximum atomic E-state index is 10.6. The Labute approximate surface area is 108 Å². The summed E-state index contributed by atoms with van der Waals surface area (Å²) in [6.07, 6.45) is 4.47. The minimum atomic E-state index is 0.563. The number of rotatable bonds is 5. The zero-order valence-electron chi connectivity index (χ0n) is 10.3. The van der Waals surface area contributed by atoms with Crippen LogP contribution in [0, 0.1) is 0 Å². The van der Waals surface area contributed by atoms with Crippen LogP contribution in [0.3, 0.4) is 0 Å². The van der Waals surface area contributed by atoms with E-state index in [0.29, 0.717) is 6.42 Å². The van der Waals surface area contributed by atoms with E-state index in [1.807, 2.05) is 36.4 Å². The molecule has 0 fully saturated rings. The van der Waals surface area contributed by atoms with Gasteiger partial charge in [0.05, 0.1) is 0 Å². The van der Waals surface area contributed by atoms with Crippen molar-refractivity contribution < 1.29 is 4.79 Å². The molecule has 1 heteroatoms. The number of allylic oxidation sites excluding steroid dienone is 1. The summed E-state index contributed by atoms with van der Waals surface area (Å²) in [4.78, 5) is 10.6. The van der Waals surface area contributed by atoms with Gasteiger partial charge < -0.3 is 4.79 Å². The molecule has 0 aliphatic rings. The van der Waals surface area contributed by atoms with Crippen LogP contribution in [-0.2, 0) is 4.79 Å². The van der Waals surface area contributed by atoms with E-state index >= 15 is 0 Å². The van der Waals surface area contributed by atoms with E-state index < -0.39 is 0 Å². The van der Waals surface area contributed by atoms with Crippen molar-refractivity contribution in [2.45, 2.75) is 12.8 Å². The van der Waals surface area contributed by atoms with Gasteiger partial charge in [-0.2, -0.15) is 0 Å². The van der Waals surface area contributed by atoms with E-state index in [-0.39, 0.29) is 0 Å². The number of hydrogen-bond acceptors (Lipinski definition) is 1. The van der Waals surface area contributed by atoms with Crippen molar-refractivity contribution in [1.82, 2.24) is 0 Å². The highest BCUT2D eigenvalue weighted by atomic mass is 16.1. The molecule has 0 unspecified atom stereocenters. The van der Waals surface area contributed by atoms with Crippen LogP contribution in [0.1, 0.15) is 24.0 Å². The van der Waals surface area contributed by atoms with Gasteiger partial charge in [0, 0.05) is 6.42 Å². The molecule has 90 valence electrons. The fourth-order valence-corrected chi connectivity index (χ4v) is 1.92. The highest BCUT2D eigenvalue weighted by molar-refractivity contribution is 5.82. The standard InChI is InChI=1S/C17H16O/c18-13-7-12-17(16-10-5-2-6-11-16)14-15-8-3-1-4-9-15/h1-6,8-11,13-14H,7,12H2/b17-14-. The molecular formula is C17H16O. The van der Waals surface area contributed by atoms with Crippen LogP contribution in [0.25, 0.3) is 11.6 Å². The molecule has 0 bridgehead atoms. The van der Waals surface area contributed by atoms with Crippen LogP contribution in [-0.4, -0.2) is 6.29 Å². The Balaban J connectivity index is 2.31. The molecule has 0 amide bonds. The molecule has 0 saturated carbocycles. The Morgan fingerprint density at radius 2 is 1.50 bits per heavy atom. The van der Waals surface area contributed by atoms with Crippen molar-refractivity contribution in [1.29, 1.82) is 0 Å². The number of carbonyl (C=O) groups is 1. The lowest BCUT2D eigenvalue weighted by Gasteiger charge is -2.06. The first kappa shape index (κ1) is 12.3. The van der Waals surface area contributed by atoms with Crippen molar-refractivity contribution in [3.05, 3.63) is 71.8 Å². The molecule has 0 N–H and O–H groups in total. The largest absolute Gasteiger partial charge is 0.303 e. The van der Waals surface area contributed by atoms with Crippen LogP contribution >= 0.6 is 0 Å². The Bertz CT molecular complexity index is 512. The summed E-state index contributed by atoms with van der Waals surface area (Å²) in [5.41, 5.74) is 3.55. The molecule has 0 aromatic heterocycles. The molecule has 0 heterocycles. The van der Waals surface area contributed by atoms with E-state index in [1.54, 1.807) is 0 Å². The first-order chi connectivity index (χ1) is 8.90. The third kappa shape index (κ3) is 3.42. The summed E-state index contributed by atoms with van der Waals surface area (Å²) in [7, 11) is 0. The zero-order chi connectivity index (χ0) is 12.6. The number of hydrogen-bond donors (Lipinski definition) is 0. The highest BCUT2D eigenvalue weighted by Crippen LogP contribution is 2.22. The maximum absolute atomic E-state index is 10.6. The Hall–Kier alpha value is -2.15. The predicted octanol–water partition coefficient (Wildman–Crippen LogP) is 4.21. The number of carbonyl (C=O) groups excluding carboxylic acids is 1. The average molecular weight is 236 g/mol. The lowest BCUT2D eigenvalue weighted by Crippen LogP contribution is -1.86. The van der Waals surface area contributed by atoms with Crippen LogP contribution < -0.4 is 0 Å². The summed E-state index contributed by atoms with van der Waals surface area (Å²) in [5, 5.41) is 0. The summed E-state index contributed by atoms with van der Waals surface area (Å²) in [6.45, 7) is 0. The smallest absolute Gasteiger partial charge is 0.120 e. The SMILES string of the molecule is O=CCC/C(=C/c1ccccc1)c1ccccc1. The summed E-state index contributed by atoms with van der Waals surface area (Å²) < 4.78 is 0. The topological polar surface area (TPSA) is 17.1 Å². The molecule has 0 spiro atoms. The highest BCUT2D eigenvalue weighted by Gasteiger charge is 2.01. The van der Waals surface area contributed by atoms with Crippen LogP contribution in [0.2, 0.25) is 0 Å². The first-order valence-corrected chi connectivity index (χ1v) is 6.15. The van der Waals surface area contributed by atoms with Gasteiger partial charge in [0.25, 0.3) is 0 Å². The molecule has 0 radical (unpaired) electrons.